The van der Waals surface area contributed by atoms with E-state index in [0.717, 1.165) is 43.9 Å². The predicted molar refractivity (Wildman–Crippen MR) is 85.9 cm³/mol. The second kappa shape index (κ2) is 7.21. The lowest BCUT2D eigenvalue weighted by Gasteiger charge is -2.32. The van der Waals surface area contributed by atoms with E-state index < -0.39 is 11.6 Å². The van der Waals surface area contributed by atoms with Crippen LogP contribution >= 0.6 is 0 Å². The van der Waals surface area contributed by atoms with E-state index in [4.69, 9.17) is 0 Å². The number of imidazole rings is 1. The first-order chi connectivity index (χ1) is 11.1. The highest BCUT2D eigenvalue weighted by Crippen LogP contribution is 2.23. The molecular weight excluding hydrogens is 296 g/mol. The van der Waals surface area contributed by atoms with Crippen LogP contribution < -0.4 is 0 Å². The van der Waals surface area contributed by atoms with Gasteiger partial charge < -0.3 is 4.57 Å². The SMILES string of the molecule is Cn1ccnc1CN1CCC[C@@H](CCc2ccc(F)c(F)c2)C1. The van der Waals surface area contributed by atoms with Crippen molar-refractivity contribution in [1.29, 1.82) is 0 Å². The van der Waals surface area contributed by atoms with Gasteiger partial charge in [-0.3, -0.25) is 4.90 Å². The number of aromatic nitrogens is 2. The second-order valence-corrected chi connectivity index (χ2v) is 6.48. The van der Waals surface area contributed by atoms with Crippen molar-refractivity contribution in [2.75, 3.05) is 13.1 Å². The van der Waals surface area contributed by atoms with Crippen LogP contribution in [-0.2, 0) is 20.0 Å². The first-order valence-corrected chi connectivity index (χ1v) is 8.24. The molecule has 0 aliphatic carbocycles. The van der Waals surface area contributed by atoms with Crippen LogP contribution in [0.5, 0.6) is 0 Å². The number of hydrogen-bond acceptors (Lipinski definition) is 2. The maximum Gasteiger partial charge on any atom is 0.159 e. The molecule has 1 atom stereocenters. The molecule has 0 N–H and O–H groups in total. The van der Waals surface area contributed by atoms with E-state index in [1.807, 2.05) is 19.4 Å². The van der Waals surface area contributed by atoms with Crippen molar-refractivity contribution >= 4 is 0 Å². The first-order valence-electron chi connectivity index (χ1n) is 8.24. The van der Waals surface area contributed by atoms with Gasteiger partial charge >= 0.3 is 0 Å². The third kappa shape index (κ3) is 4.16. The zero-order valence-corrected chi connectivity index (χ0v) is 13.5. The van der Waals surface area contributed by atoms with Gasteiger partial charge in [0.25, 0.3) is 0 Å². The highest BCUT2D eigenvalue weighted by atomic mass is 19.2. The summed E-state index contributed by atoms with van der Waals surface area (Å²) in [6.07, 6.45) is 8.02. The molecule has 124 valence electrons. The quantitative estimate of drug-likeness (QED) is 0.840. The fourth-order valence-corrected chi connectivity index (χ4v) is 3.35. The number of aryl methyl sites for hydroxylation is 2. The van der Waals surface area contributed by atoms with E-state index >= 15 is 0 Å². The van der Waals surface area contributed by atoms with E-state index in [2.05, 4.69) is 14.5 Å². The van der Waals surface area contributed by atoms with Crippen LogP contribution in [0.3, 0.4) is 0 Å². The largest absolute Gasteiger partial charge is 0.337 e. The van der Waals surface area contributed by atoms with Crippen LogP contribution in [-0.4, -0.2) is 27.5 Å². The van der Waals surface area contributed by atoms with Crippen molar-refractivity contribution < 1.29 is 8.78 Å². The summed E-state index contributed by atoms with van der Waals surface area (Å²) in [5.74, 6) is 0.179. The van der Waals surface area contributed by atoms with Crippen molar-refractivity contribution in [1.82, 2.24) is 14.5 Å². The third-order valence-electron chi connectivity index (χ3n) is 4.71. The lowest BCUT2D eigenvalue weighted by molar-refractivity contribution is 0.157. The van der Waals surface area contributed by atoms with Crippen molar-refractivity contribution in [2.24, 2.45) is 13.0 Å². The summed E-state index contributed by atoms with van der Waals surface area (Å²) in [7, 11) is 2.02. The van der Waals surface area contributed by atoms with Gasteiger partial charge in [0.15, 0.2) is 11.6 Å². The van der Waals surface area contributed by atoms with Gasteiger partial charge in [-0.15, -0.1) is 0 Å². The molecule has 23 heavy (non-hydrogen) atoms. The maximum absolute atomic E-state index is 13.3. The Kier molecular flexibility index (Phi) is 5.06. The fraction of sp³-hybridized carbons (Fsp3) is 0.500. The van der Waals surface area contributed by atoms with Gasteiger partial charge in [0.1, 0.15) is 5.82 Å². The summed E-state index contributed by atoms with van der Waals surface area (Å²) < 4.78 is 28.3. The summed E-state index contributed by atoms with van der Waals surface area (Å²) in [5, 5.41) is 0. The Hall–Kier alpha value is -1.75. The standard InChI is InChI=1S/C18H23F2N3/c1-22-10-8-21-18(22)13-23-9-2-3-15(12-23)5-4-14-6-7-16(19)17(20)11-14/h6-8,10-11,15H,2-5,9,12-13H2,1H3/t15-/m0/s1. The van der Waals surface area contributed by atoms with Crippen LogP contribution in [0, 0.1) is 17.6 Å². The number of benzene rings is 1. The van der Waals surface area contributed by atoms with E-state index in [9.17, 15) is 8.78 Å². The molecular formula is C18H23F2N3. The Morgan fingerprint density at radius 1 is 1.26 bits per heavy atom. The van der Waals surface area contributed by atoms with Gasteiger partial charge in [-0.1, -0.05) is 6.07 Å². The molecule has 0 saturated carbocycles. The Bertz CT molecular complexity index is 653. The molecule has 3 rings (SSSR count). The molecule has 2 aromatic rings. The van der Waals surface area contributed by atoms with Gasteiger partial charge in [-0.2, -0.15) is 0 Å². The van der Waals surface area contributed by atoms with Crippen LogP contribution in [0.15, 0.2) is 30.6 Å². The Balaban J connectivity index is 1.52. The normalized spacial score (nSPS) is 19.2. The monoisotopic (exact) mass is 319 g/mol. The van der Waals surface area contributed by atoms with E-state index in [-0.39, 0.29) is 0 Å². The third-order valence-corrected chi connectivity index (χ3v) is 4.71. The molecule has 2 heterocycles. The van der Waals surface area contributed by atoms with E-state index in [1.54, 1.807) is 6.07 Å². The first kappa shape index (κ1) is 16.1. The fourth-order valence-electron chi connectivity index (χ4n) is 3.35. The Morgan fingerprint density at radius 3 is 2.87 bits per heavy atom. The van der Waals surface area contributed by atoms with Crippen LogP contribution in [0.25, 0.3) is 0 Å². The van der Waals surface area contributed by atoms with Crippen molar-refractivity contribution in [3.8, 4) is 0 Å². The number of likely N-dealkylation sites (tertiary alicyclic amines) is 1. The molecule has 1 aromatic heterocycles. The molecule has 1 aliphatic heterocycles. The number of piperidine rings is 1. The molecule has 5 heteroatoms. The highest BCUT2D eigenvalue weighted by Gasteiger charge is 2.21. The predicted octanol–water partition coefficient (Wildman–Crippen LogP) is 3.54. The summed E-state index contributed by atoms with van der Waals surface area (Å²) >= 11 is 0. The number of nitrogens with zero attached hydrogens (tertiary/aromatic N) is 3. The van der Waals surface area contributed by atoms with Gasteiger partial charge in [0.05, 0.1) is 6.54 Å². The summed E-state index contributed by atoms with van der Waals surface area (Å²) in [6, 6.07) is 4.23. The van der Waals surface area contributed by atoms with Crippen molar-refractivity contribution in [3.05, 3.63) is 53.6 Å². The molecule has 0 bridgehead atoms. The van der Waals surface area contributed by atoms with Gasteiger partial charge in [0.2, 0.25) is 0 Å². The van der Waals surface area contributed by atoms with Crippen LogP contribution in [0.4, 0.5) is 8.78 Å². The summed E-state index contributed by atoms with van der Waals surface area (Å²) in [6.45, 7) is 3.04. The van der Waals surface area contributed by atoms with Crippen LogP contribution in [0.2, 0.25) is 0 Å². The van der Waals surface area contributed by atoms with Crippen molar-refractivity contribution in [3.63, 3.8) is 0 Å². The molecule has 1 saturated heterocycles. The van der Waals surface area contributed by atoms with E-state index in [0.29, 0.717) is 5.92 Å². The topological polar surface area (TPSA) is 21.1 Å². The molecule has 1 fully saturated rings. The molecule has 0 spiro atoms. The average Bonchev–Trinajstić information content (AvgIpc) is 2.94. The Morgan fingerprint density at radius 2 is 2.13 bits per heavy atom. The minimum Gasteiger partial charge on any atom is -0.337 e. The number of rotatable bonds is 5. The maximum atomic E-state index is 13.3. The van der Waals surface area contributed by atoms with Crippen molar-refractivity contribution in [2.45, 2.75) is 32.2 Å². The number of hydrogen-bond donors (Lipinski definition) is 0. The minimum absolute atomic E-state index is 0.608. The molecule has 0 amide bonds. The zero-order valence-electron chi connectivity index (χ0n) is 13.5. The summed E-state index contributed by atoms with van der Waals surface area (Å²) in [5.41, 5.74) is 0.880. The van der Waals surface area contributed by atoms with Gasteiger partial charge in [0, 0.05) is 26.0 Å². The lowest BCUT2D eigenvalue weighted by Crippen LogP contribution is -2.35. The molecule has 1 aromatic carbocycles. The summed E-state index contributed by atoms with van der Waals surface area (Å²) in [4.78, 5) is 6.84. The molecule has 1 aliphatic rings. The van der Waals surface area contributed by atoms with Crippen LogP contribution in [0.1, 0.15) is 30.7 Å². The lowest BCUT2D eigenvalue weighted by atomic mass is 9.91. The number of halogens is 2. The molecule has 3 nitrogen and oxygen atoms in total. The molecule has 0 unspecified atom stereocenters. The zero-order chi connectivity index (χ0) is 16.2. The Labute approximate surface area is 135 Å². The van der Waals surface area contributed by atoms with Gasteiger partial charge in [-0.25, -0.2) is 13.8 Å². The smallest absolute Gasteiger partial charge is 0.159 e. The highest BCUT2D eigenvalue weighted by molar-refractivity contribution is 5.17. The van der Waals surface area contributed by atoms with E-state index in [1.165, 1.54) is 25.0 Å². The average molecular weight is 319 g/mol. The second-order valence-electron chi connectivity index (χ2n) is 6.48. The minimum atomic E-state index is -0.771. The molecule has 0 radical (unpaired) electrons. The van der Waals surface area contributed by atoms with Gasteiger partial charge in [-0.05, 0) is 55.8 Å².